The minimum Gasteiger partial charge on any atom is -0.0772 e. The van der Waals surface area contributed by atoms with Gasteiger partial charge in [0.2, 0.25) is 0 Å². The molecule has 0 spiro atoms. The van der Waals surface area contributed by atoms with Crippen LogP contribution in [0.25, 0.3) is 0 Å². The second-order valence-electron chi connectivity index (χ2n) is 5.54. The van der Waals surface area contributed by atoms with Crippen molar-refractivity contribution in [2.24, 2.45) is 11.3 Å². The van der Waals surface area contributed by atoms with Crippen LogP contribution < -0.4 is 0 Å². The third-order valence-corrected chi connectivity index (χ3v) is 4.58. The van der Waals surface area contributed by atoms with E-state index in [4.69, 9.17) is 0 Å². The highest BCUT2D eigenvalue weighted by Crippen LogP contribution is 2.51. The number of hydrogen-bond donors (Lipinski definition) is 0. The second-order valence-corrected chi connectivity index (χ2v) is 5.54. The largest absolute Gasteiger partial charge is 0.100 e. The molecule has 0 radical (unpaired) electrons. The summed E-state index contributed by atoms with van der Waals surface area (Å²) >= 11 is 0. The molecular formula is C11H26B2. The Hall–Kier alpha value is 0.130. The highest BCUT2D eigenvalue weighted by Gasteiger charge is 2.40. The molecule has 0 bridgehead atoms. The van der Waals surface area contributed by atoms with E-state index < -0.39 is 0 Å². The zero-order valence-electron chi connectivity index (χ0n) is 10.7. The van der Waals surface area contributed by atoms with Crippen molar-refractivity contribution in [2.45, 2.75) is 59.1 Å². The molecule has 0 fully saturated rings. The lowest BCUT2D eigenvalue weighted by Gasteiger charge is -2.47. The summed E-state index contributed by atoms with van der Waals surface area (Å²) in [6, 6.07) is 0. The normalized spacial score (nSPS) is 17.4. The summed E-state index contributed by atoms with van der Waals surface area (Å²) in [5.74, 6) is 0.768. The molecule has 0 N–H and O–H groups in total. The lowest BCUT2D eigenvalue weighted by atomic mass is 9.37. The molecule has 0 aromatic rings. The second kappa shape index (κ2) is 4.57. The van der Waals surface area contributed by atoms with Gasteiger partial charge in [0, 0.05) is 0 Å². The SMILES string of the molecule is BC(B)(C(C)C)C(C)(CC)CCC. The van der Waals surface area contributed by atoms with Crippen molar-refractivity contribution in [1.29, 1.82) is 0 Å². The molecule has 76 valence electrons. The summed E-state index contributed by atoms with van der Waals surface area (Å²) in [7, 11) is 4.85. The van der Waals surface area contributed by atoms with Crippen LogP contribution in [0.3, 0.4) is 0 Å². The molecule has 0 saturated carbocycles. The van der Waals surface area contributed by atoms with Crippen molar-refractivity contribution in [3.05, 3.63) is 0 Å². The van der Waals surface area contributed by atoms with E-state index in [1.165, 1.54) is 19.3 Å². The summed E-state index contributed by atoms with van der Waals surface area (Å²) in [6.07, 6.45) is 3.96. The van der Waals surface area contributed by atoms with Crippen molar-refractivity contribution >= 4 is 15.7 Å². The van der Waals surface area contributed by atoms with Gasteiger partial charge in [0.1, 0.15) is 15.7 Å². The van der Waals surface area contributed by atoms with Gasteiger partial charge in [0.15, 0.2) is 0 Å². The van der Waals surface area contributed by atoms with E-state index >= 15 is 0 Å². The maximum absolute atomic E-state index is 2.45. The van der Waals surface area contributed by atoms with E-state index in [-0.39, 0.29) is 0 Å². The molecule has 0 rings (SSSR count). The van der Waals surface area contributed by atoms with Gasteiger partial charge in [-0.1, -0.05) is 58.6 Å². The van der Waals surface area contributed by atoms with Crippen molar-refractivity contribution in [3.8, 4) is 0 Å². The lowest BCUT2D eigenvalue weighted by molar-refractivity contribution is 0.196. The van der Waals surface area contributed by atoms with E-state index in [0.717, 1.165) is 5.92 Å². The maximum Gasteiger partial charge on any atom is 0.100 e. The van der Waals surface area contributed by atoms with Gasteiger partial charge in [-0.2, -0.15) is 0 Å². The molecule has 0 amide bonds. The fourth-order valence-corrected chi connectivity index (χ4v) is 2.20. The highest BCUT2D eigenvalue weighted by molar-refractivity contribution is 6.40. The van der Waals surface area contributed by atoms with Crippen LogP contribution in [0.1, 0.15) is 53.9 Å². The van der Waals surface area contributed by atoms with Gasteiger partial charge >= 0.3 is 0 Å². The van der Waals surface area contributed by atoms with Crippen molar-refractivity contribution in [1.82, 2.24) is 0 Å². The number of hydrogen-bond acceptors (Lipinski definition) is 0. The van der Waals surface area contributed by atoms with Crippen LogP contribution in [0, 0.1) is 11.3 Å². The monoisotopic (exact) mass is 180 g/mol. The Bertz CT molecular complexity index is 152. The predicted molar refractivity (Wildman–Crippen MR) is 67.9 cm³/mol. The first-order valence-electron chi connectivity index (χ1n) is 5.81. The highest BCUT2D eigenvalue weighted by atomic mass is 14.4. The third-order valence-electron chi connectivity index (χ3n) is 4.58. The summed E-state index contributed by atoms with van der Waals surface area (Å²) < 4.78 is 0. The average molecular weight is 180 g/mol. The molecule has 0 aromatic carbocycles. The van der Waals surface area contributed by atoms with Gasteiger partial charge in [-0.25, -0.2) is 0 Å². The van der Waals surface area contributed by atoms with Crippen LogP contribution >= 0.6 is 0 Å². The molecule has 0 aliphatic rings. The van der Waals surface area contributed by atoms with Crippen molar-refractivity contribution in [2.75, 3.05) is 0 Å². The third kappa shape index (κ3) is 2.54. The molecule has 2 heteroatoms. The number of rotatable bonds is 5. The minimum atomic E-state index is 0.456. The Kier molecular flexibility index (Phi) is 4.62. The standard InChI is InChI=1S/C11H26B2/c1-6-8-10(5,7-2)11(12,13)9(3)4/h9H,6-8,12-13H2,1-5H3. The summed E-state index contributed by atoms with van der Waals surface area (Å²) in [6.45, 7) is 11.8. The van der Waals surface area contributed by atoms with E-state index in [1.54, 1.807) is 0 Å². The Labute approximate surface area is 86.7 Å². The molecule has 1 atom stereocenters. The Morgan fingerprint density at radius 2 is 1.62 bits per heavy atom. The smallest absolute Gasteiger partial charge is 0.0772 e. The minimum absolute atomic E-state index is 0.456. The van der Waals surface area contributed by atoms with Gasteiger partial charge in [-0.05, 0) is 11.8 Å². The molecular weight excluding hydrogens is 154 g/mol. The van der Waals surface area contributed by atoms with Gasteiger partial charge < -0.3 is 0 Å². The zero-order valence-corrected chi connectivity index (χ0v) is 10.7. The van der Waals surface area contributed by atoms with Crippen LogP contribution in [-0.4, -0.2) is 15.7 Å². The van der Waals surface area contributed by atoms with Gasteiger partial charge in [0.05, 0.1) is 0 Å². The molecule has 0 nitrogen and oxygen atoms in total. The first-order valence-corrected chi connectivity index (χ1v) is 5.81. The first kappa shape index (κ1) is 13.1. The van der Waals surface area contributed by atoms with E-state index in [2.05, 4.69) is 50.3 Å². The van der Waals surface area contributed by atoms with Gasteiger partial charge in [0.25, 0.3) is 0 Å². The van der Waals surface area contributed by atoms with Crippen LogP contribution in [0.15, 0.2) is 0 Å². The van der Waals surface area contributed by atoms with Crippen LogP contribution in [0.2, 0.25) is 5.21 Å². The fourth-order valence-electron chi connectivity index (χ4n) is 2.20. The average Bonchev–Trinajstić information content (AvgIpc) is 2.04. The van der Waals surface area contributed by atoms with Crippen molar-refractivity contribution in [3.63, 3.8) is 0 Å². The Morgan fingerprint density at radius 3 is 1.85 bits per heavy atom. The van der Waals surface area contributed by atoms with Gasteiger partial charge in [-0.15, -0.1) is 0 Å². The fraction of sp³-hybridized carbons (Fsp3) is 1.00. The maximum atomic E-state index is 2.45. The summed E-state index contributed by atoms with van der Waals surface area (Å²) in [5.41, 5.74) is 0.510. The molecule has 0 aliphatic heterocycles. The zero-order chi connectivity index (χ0) is 10.7. The Balaban J connectivity index is 4.72. The van der Waals surface area contributed by atoms with Gasteiger partial charge in [-0.3, -0.25) is 0 Å². The predicted octanol–water partition coefficient (Wildman–Crippen LogP) is 2.24. The molecule has 0 saturated heterocycles. The van der Waals surface area contributed by atoms with Crippen LogP contribution in [0.5, 0.6) is 0 Å². The van der Waals surface area contributed by atoms with E-state index in [0.29, 0.717) is 10.6 Å². The molecule has 1 unspecified atom stereocenters. The quantitative estimate of drug-likeness (QED) is 0.569. The van der Waals surface area contributed by atoms with E-state index in [1.807, 2.05) is 0 Å². The molecule has 13 heavy (non-hydrogen) atoms. The lowest BCUT2D eigenvalue weighted by Crippen LogP contribution is -2.38. The van der Waals surface area contributed by atoms with Crippen molar-refractivity contribution < 1.29 is 0 Å². The van der Waals surface area contributed by atoms with E-state index in [9.17, 15) is 0 Å². The van der Waals surface area contributed by atoms with Crippen LogP contribution in [0.4, 0.5) is 0 Å². The molecule has 0 aromatic heterocycles. The topological polar surface area (TPSA) is 0 Å². The van der Waals surface area contributed by atoms with Crippen LogP contribution in [-0.2, 0) is 0 Å². The molecule has 0 heterocycles. The summed E-state index contributed by atoms with van der Waals surface area (Å²) in [5, 5.41) is 0.456. The summed E-state index contributed by atoms with van der Waals surface area (Å²) in [4.78, 5) is 0. The first-order chi connectivity index (χ1) is 5.81. The molecule has 0 aliphatic carbocycles. The Morgan fingerprint density at radius 1 is 1.15 bits per heavy atom.